The Hall–Kier alpha value is -0.120. The zero-order valence-corrected chi connectivity index (χ0v) is 8.01. The summed E-state index contributed by atoms with van der Waals surface area (Å²) in [5.41, 5.74) is 3.01. The van der Waals surface area contributed by atoms with E-state index in [1.54, 1.807) is 7.11 Å². The first-order valence-corrected chi connectivity index (χ1v) is 4.69. The number of hydrogen-bond acceptors (Lipinski definition) is 3. The van der Waals surface area contributed by atoms with Gasteiger partial charge in [-0.15, -0.1) is 0 Å². The molecule has 1 N–H and O–H groups in total. The Morgan fingerprint density at radius 1 is 1.42 bits per heavy atom. The highest BCUT2D eigenvalue weighted by atomic mass is 16.7. The molecule has 0 aromatic heterocycles. The minimum Gasteiger partial charge on any atom is -0.382 e. The first-order valence-electron chi connectivity index (χ1n) is 4.69. The van der Waals surface area contributed by atoms with Gasteiger partial charge in [-0.3, -0.25) is 4.84 Å². The van der Waals surface area contributed by atoms with Crippen LogP contribution < -0.4 is 5.48 Å². The minimum atomic E-state index is 0.481. The van der Waals surface area contributed by atoms with Crippen LogP contribution in [-0.2, 0) is 9.57 Å². The molecule has 0 aromatic rings. The van der Waals surface area contributed by atoms with E-state index in [1.165, 1.54) is 19.3 Å². The molecule has 0 radical (unpaired) electrons. The fourth-order valence-electron chi connectivity index (χ4n) is 1.23. The van der Waals surface area contributed by atoms with Crippen LogP contribution in [0.3, 0.4) is 0 Å². The fraction of sp³-hybridized carbons (Fsp3) is 1.00. The maximum Gasteiger partial charge on any atom is 0.0915 e. The van der Waals surface area contributed by atoms with Crippen molar-refractivity contribution in [1.29, 1.82) is 0 Å². The van der Waals surface area contributed by atoms with Crippen LogP contribution in [0, 0.1) is 5.92 Å². The maximum absolute atomic E-state index is 5.19. The number of hydroxylamine groups is 1. The van der Waals surface area contributed by atoms with E-state index in [0.29, 0.717) is 19.3 Å². The van der Waals surface area contributed by atoms with Gasteiger partial charge in [0.1, 0.15) is 0 Å². The molecule has 1 aliphatic carbocycles. The van der Waals surface area contributed by atoms with Crippen LogP contribution in [0.1, 0.15) is 26.2 Å². The summed E-state index contributed by atoms with van der Waals surface area (Å²) < 4.78 is 4.85. The Morgan fingerprint density at radius 2 is 2.17 bits per heavy atom. The van der Waals surface area contributed by atoms with Crippen molar-refractivity contribution in [3.05, 3.63) is 0 Å². The van der Waals surface area contributed by atoms with E-state index in [2.05, 4.69) is 12.4 Å². The van der Waals surface area contributed by atoms with Crippen molar-refractivity contribution < 1.29 is 9.57 Å². The quantitative estimate of drug-likeness (QED) is 0.465. The van der Waals surface area contributed by atoms with Gasteiger partial charge in [0.05, 0.1) is 13.2 Å². The van der Waals surface area contributed by atoms with Gasteiger partial charge in [0.25, 0.3) is 0 Å². The molecule has 1 saturated carbocycles. The molecule has 3 nitrogen and oxygen atoms in total. The molecule has 0 saturated heterocycles. The zero-order valence-electron chi connectivity index (χ0n) is 8.01. The zero-order chi connectivity index (χ0) is 8.81. The first kappa shape index (κ1) is 9.96. The summed E-state index contributed by atoms with van der Waals surface area (Å²) in [7, 11) is 1.68. The summed E-state index contributed by atoms with van der Waals surface area (Å²) in [5, 5.41) is 0. The predicted octanol–water partition coefficient (Wildman–Crippen LogP) is 1.34. The monoisotopic (exact) mass is 173 g/mol. The van der Waals surface area contributed by atoms with Crippen molar-refractivity contribution in [3.63, 3.8) is 0 Å². The van der Waals surface area contributed by atoms with Crippen molar-refractivity contribution in [2.75, 3.05) is 20.3 Å². The molecule has 0 spiro atoms. The fourth-order valence-corrected chi connectivity index (χ4v) is 1.23. The molecule has 72 valence electrons. The number of nitrogens with one attached hydrogen (secondary N) is 1. The second kappa shape index (κ2) is 5.51. The molecular weight excluding hydrogens is 154 g/mol. The molecule has 3 heteroatoms. The summed E-state index contributed by atoms with van der Waals surface area (Å²) in [6, 6.07) is 0.481. The van der Waals surface area contributed by atoms with Gasteiger partial charge in [0, 0.05) is 13.2 Å². The molecule has 1 aliphatic rings. The van der Waals surface area contributed by atoms with Crippen LogP contribution in [0.25, 0.3) is 0 Å². The van der Waals surface area contributed by atoms with Crippen molar-refractivity contribution in [3.8, 4) is 0 Å². The van der Waals surface area contributed by atoms with Crippen LogP contribution in [0.2, 0.25) is 0 Å². The highest BCUT2D eigenvalue weighted by Gasteiger charge is 2.23. The topological polar surface area (TPSA) is 30.5 Å². The van der Waals surface area contributed by atoms with Crippen LogP contribution in [0.15, 0.2) is 0 Å². The molecule has 1 fully saturated rings. The third kappa shape index (κ3) is 4.70. The van der Waals surface area contributed by atoms with Crippen LogP contribution in [-0.4, -0.2) is 26.4 Å². The summed E-state index contributed by atoms with van der Waals surface area (Å²) in [6.07, 6.45) is 4.06. The molecule has 1 atom stereocenters. The van der Waals surface area contributed by atoms with Gasteiger partial charge in [-0.25, -0.2) is 0 Å². The molecule has 1 unspecified atom stereocenters. The smallest absolute Gasteiger partial charge is 0.0915 e. The van der Waals surface area contributed by atoms with Gasteiger partial charge in [-0.2, -0.15) is 5.48 Å². The molecule has 0 aliphatic heterocycles. The van der Waals surface area contributed by atoms with E-state index >= 15 is 0 Å². The summed E-state index contributed by atoms with van der Waals surface area (Å²) in [6.45, 7) is 3.44. The largest absolute Gasteiger partial charge is 0.382 e. The Labute approximate surface area is 74.4 Å². The van der Waals surface area contributed by atoms with E-state index in [0.717, 1.165) is 5.92 Å². The Bertz CT molecular complexity index is 115. The average molecular weight is 173 g/mol. The summed E-state index contributed by atoms with van der Waals surface area (Å²) in [5.74, 6) is 0.957. The van der Waals surface area contributed by atoms with Gasteiger partial charge in [-0.05, 0) is 19.3 Å². The van der Waals surface area contributed by atoms with Gasteiger partial charge in [0.2, 0.25) is 0 Å². The van der Waals surface area contributed by atoms with Gasteiger partial charge < -0.3 is 4.74 Å². The van der Waals surface area contributed by atoms with Crippen LogP contribution in [0.5, 0.6) is 0 Å². The van der Waals surface area contributed by atoms with Gasteiger partial charge >= 0.3 is 0 Å². The van der Waals surface area contributed by atoms with Gasteiger partial charge in [0.15, 0.2) is 0 Å². The highest BCUT2D eigenvalue weighted by molar-refractivity contribution is 4.76. The minimum absolute atomic E-state index is 0.481. The first-order chi connectivity index (χ1) is 5.83. The third-order valence-electron chi connectivity index (χ3n) is 2.06. The van der Waals surface area contributed by atoms with Crippen LogP contribution >= 0.6 is 0 Å². The highest BCUT2D eigenvalue weighted by Crippen LogP contribution is 2.33. The van der Waals surface area contributed by atoms with Crippen LogP contribution in [0.4, 0.5) is 0 Å². The molecule has 1 rings (SSSR count). The van der Waals surface area contributed by atoms with E-state index in [4.69, 9.17) is 9.57 Å². The lowest BCUT2D eigenvalue weighted by molar-refractivity contribution is -0.0109. The third-order valence-corrected chi connectivity index (χ3v) is 2.06. The van der Waals surface area contributed by atoms with E-state index < -0.39 is 0 Å². The lowest BCUT2D eigenvalue weighted by Gasteiger charge is -2.12. The van der Waals surface area contributed by atoms with Crippen molar-refractivity contribution in [1.82, 2.24) is 5.48 Å². The summed E-state index contributed by atoms with van der Waals surface area (Å²) in [4.78, 5) is 5.19. The number of methoxy groups -OCH3 is 1. The maximum atomic E-state index is 5.19. The van der Waals surface area contributed by atoms with E-state index in [9.17, 15) is 0 Å². The number of rotatable bonds is 7. The normalized spacial score (nSPS) is 19.5. The second-order valence-electron chi connectivity index (χ2n) is 3.54. The van der Waals surface area contributed by atoms with E-state index in [-0.39, 0.29) is 0 Å². The molecular formula is C9H19NO2. The lowest BCUT2D eigenvalue weighted by Crippen LogP contribution is -2.28. The Morgan fingerprint density at radius 3 is 2.75 bits per heavy atom. The molecule has 0 amide bonds. The second-order valence-corrected chi connectivity index (χ2v) is 3.54. The van der Waals surface area contributed by atoms with E-state index in [1.807, 2.05) is 0 Å². The SMILES string of the molecule is COCCONC(C)CC1CC1. The molecule has 0 heterocycles. The standard InChI is InChI=1S/C9H19NO2/c1-8(7-9-3-4-9)10-12-6-5-11-2/h8-10H,3-7H2,1-2H3. The molecule has 0 aromatic carbocycles. The van der Waals surface area contributed by atoms with Crippen molar-refractivity contribution >= 4 is 0 Å². The number of hydrogen-bond donors (Lipinski definition) is 1. The molecule has 0 bridgehead atoms. The van der Waals surface area contributed by atoms with Crippen molar-refractivity contribution in [2.24, 2.45) is 5.92 Å². The van der Waals surface area contributed by atoms with Crippen molar-refractivity contribution in [2.45, 2.75) is 32.2 Å². The number of ether oxygens (including phenoxy) is 1. The molecule has 12 heavy (non-hydrogen) atoms. The average Bonchev–Trinajstić information content (AvgIpc) is 2.82. The van der Waals surface area contributed by atoms with Gasteiger partial charge in [-0.1, -0.05) is 12.8 Å². The Balaban J connectivity index is 1.83. The lowest BCUT2D eigenvalue weighted by atomic mass is 10.2. The predicted molar refractivity (Wildman–Crippen MR) is 47.8 cm³/mol. The Kier molecular flexibility index (Phi) is 4.58. The summed E-state index contributed by atoms with van der Waals surface area (Å²) >= 11 is 0.